The first-order valence-electron chi connectivity index (χ1n) is 11.8. The second-order valence-electron chi connectivity index (χ2n) is 8.23. The Kier molecular flexibility index (Phi) is 8.80. The molecule has 3 aromatic rings. The minimum atomic E-state index is -1.41. The summed E-state index contributed by atoms with van der Waals surface area (Å²) < 4.78 is 22.6. The molecule has 8 nitrogen and oxygen atoms in total. The first-order chi connectivity index (χ1) is 18.1. The van der Waals surface area contributed by atoms with Crippen molar-refractivity contribution in [2.45, 2.75) is 25.4 Å². The van der Waals surface area contributed by atoms with Crippen LogP contribution in [0.4, 0.5) is 0 Å². The Labute approximate surface area is 214 Å². The average Bonchev–Trinajstić information content (AvgIpc) is 3.22. The predicted molar refractivity (Wildman–Crippen MR) is 136 cm³/mol. The van der Waals surface area contributed by atoms with Crippen LogP contribution in [0.15, 0.2) is 96.5 Å². The maximum Gasteiger partial charge on any atom is 0.378 e. The van der Waals surface area contributed by atoms with Crippen molar-refractivity contribution in [1.82, 2.24) is 0 Å². The second kappa shape index (κ2) is 12.6. The van der Waals surface area contributed by atoms with E-state index in [0.717, 1.165) is 16.7 Å². The van der Waals surface area contributed by atoms with Crippen molar-refractivity contribution in [2.24, 2.45) is 0 Å². The summed E-state index contributed by atoms with van der Waals surface area (Å²) in [7, 11) is 0. The molecule has 0 fully saturated rings. The van der Waals surface area contributed by atoms with Crippen LogP contribution in [0.3, 0.4) is 0 Å². The summed E-state index contributed by atoms with van der Waals surface area (Å²) in [6.07, 6.45) is 0.744. The zero-order valence-corrected chi connectivity index (χ0v) is 20.0. The van der Waals surface area contributed by atoms with Gasteiger partial charge in [-0.1, -0.05) is 78.9 Å². The van der Waals surface area contributed by atoms with Crippen LogP contribution in [0.5, 0.6) is 11.5 Å². The van der Waals surface area contributed by atoms with E-state index >= 15 is 0 Å². The van der Waals surface area contributed by atoms with Gasteiger partial charge in [-0.05, 0) is 23.3 Å². The molecule has 8 heteroatoms. The molecule has 0 unspecified atom stereocenters. The molecule has 192 valence electrons. The van der Waals surface area contributed by atoms with Crippen LogP contribution in [0.2, 0.25) is 0 Å². The molecular weight excluding hydrogens is 476 g/mol. The maximum atomic E-state index is 11.7. The third-order valence-electron chi connectivity index (χ3n) is 5.56. The monoisotopic (exact) mass is 504 g/mol. The van der Waals surface area contributed by atoms with Crippen LogP contribution in [0, 0.1) is 0 Å². The first-order valence-corrected chi connectivity index (χ1v) is 11.8. The lowest BCUT2D eigenvalue weighted by atomic mass is 10.1. The van der Waals surface area contributed by atoms with Crippen LogP contribution in [-0.2, 0) is 27.5 Å². The quantitative estimate of drug-likeness (QED) is 0.318. The number of hydrogen-bond donors (Lipinski definition) is 3. The number of para-hydroxylation sites is 1. The standard InChI is InChI=1S/C29H28O8/c30-17-23(31)27-28(25(32)29(33)37-27)34-16-8-14-22-13-7-15-24(35-18-20-9-3-1-4-10-20)26(22)36-19-21-11-5-2-6-12-21/h1-15,23,27,30-32H,16-19H2/t23-,27+/m0/s1. The van der Waals surface area contributed by atoms with Crippen molar-refractivity contribution in [2.75, 3.05) is 13.2 Å². The number of benzene rings is 3. The number of cyclic esters (lactones) is 1. The lowest BCUT2D eigenvalue weighted by Crippen LogP contribution is -2.32. The number of aliphatic hydroxyl groups excluding tert-OH is 3. The Balaban J connectivity index is 1.50. The van der Waals surface area contributed by atoms with Gasteiger partial charge in [0, 0.05) is 5.56 Å². The van der Waals surface area contributed by atoms with E-state index < -0.39 is 30.5 Å². The van der Waals surface area contributed by atoms with E-state index in [1.807, 2.05) is 78.9 Å². The predicted octanol–water partition coefficient (Wildman–Crippen LogP) is 3.92. The average molecular weight is 505 g/mol. The van der Waals surface area contributed by atoms with Crippen LogP contribution in [0.1, 0.15) is 16.7 Å². The summed E-state index contributed by atoms with van der Waals surface area (Å²) in [5.74, 6) is -0.847. The van der Waals surface area contributed by atoms with Crippen molar-refractivity contribution in [3.05, 3.63) is 113 Å². The number of carbonyl (C=O) groups excluding carboxylic acids is 1. The summed E-state index contributed by atoms with van der Waals surface area (Å²) in [6.45, 7) is 0.00337. The smallest absolute Gasteiger partial charge is 0.378 e. The Morgan fingerprint density at radius 2 is 1.51 bits per heavy atom. The zero-order valence-electron chi connectivity index (χ0n) is 20.0. The molecule has 37 heavy (non-hydrogen) atoms. The highest BCUT2D eigenvalue weighted by Gasteiger charge is 2.40. The molecular formula is C29H28O8. The van der Waals surface area contributed by atoms with Gasteiger partial charge in [-0.3, -0.25) is 0 Å². The van der Waals surface area contributed by atoms with E-state index in [-0.39, 0.29) is 12.4 Å². The molecule has 0 aliphatic carbocycles. The van der Waals surface area contributed by atoms with Crippen molar-refractivity contribution >= 4 is 12.0 Å². The minimum absolute atomic E-state index is 0.0437. The topological polar surface area (TPSA) is 115 Å². The van der Waals surface area contributed by atoms with Gasteiger partial charge in [0.1, 0.15) is 25.9 Å². The number of esters is 1. The number of hydrogen-bond acceptors (Lipinski definition) is 8. The lowest BCUT2D eigenvalue weighted by molar-refractivity contribution is -0.148. The molecule has 0 saturated heterocycles. The summed E-state index contributed by atoms with van der Waals surface area (Å²) in [5, 5.41) is 28.9. The van der Waals surface area contributed by atoms with E-state index in [0.29, 0.717) is 24.7 Å². The Morgan fingerprint density at radius 1 is 0.865 bits per heavy atom. The number of carbonyl (C=O) groups is 1. The van der Waals surface area contributed by atoms with Crippen molar-refractivity contribution < 1.29 is 39.1 Å². The molecule has 3 N–H and O–H groups in total. The highest BCUT2D eigenvalue weighted by molar-refractivity contribution is 5.89. The van der Waals surface area contributed by atoms with Gasteiger partial charge >= 0.3 is 5.97 Å². The van der Waals surface area contributed by atoms with Gasteiger partial charge in [-0.25, -0.2) is 4.79 Å². The first kappa shape index (κ1) is 25.8. The van der Waals surface area contributed by atoms with Crippen LogP contribution >= 0.6 is 0 Å². The summed E-state index contributed by atoms with van der Waals surface area (Å²) in [5.41, 5.74) is 2.75. The maximum absolute atomic E-state index is 11.7. The third-order valence-corrected chi connectivity index (χ3v) is 5.56. The molecule has 1 heterocycles. The van der Waals surface area contributed by atoms with Crippen LogP contribution < -0.4 is 9.47 Å². The Morgan fingerprint density at radius 3 is 2.16 bits per heavy atom. The normalized spacial score (nSPS) is 16.1. The molecule has 3 aromatic carbocycles. The van der Waals surface area contributed by atoms with Gasteiger partial charge in [0.05, 0.1) is 6.61 Å². The van der Waals surface area contributed by atoms with E-state index in [2.05, 4.69) is 0 Å². The summed E-state index contributed by atoms with van der Waals surface area (Å²) in [4.78, 5) is 11.7. The molecule has 1 aliphatic heterocycles. The van der Waals surface area contributed by atoms with E-state index in [1.54, 1.807) is 12.2 Å². The molecule has 2 atom stereocenters. The lowest BCUT2D eigenvalue weighted by Gasteiger charge is -2.17. The third kappa shape index (κ3) is 6.69. The fourth-order valence-electron chi connectivity index (χ4n) is 3.67. The number of ether oxygens (including phenoxy) is 4. The molecule has 1 aliphatic rings. The molecule has 0 radical (unpaired) electrons. The van der Waals surface area contributed by atoms with Gasteiger partial charge in [0.15, 0.2) is 23.4 Å². The van der Waals surface area contributed by atoms with E-state index in [4.69, 9.17) is 18.9 Å². The molecule has 0 bridgehead atoms. The fraction of sp³-hybridized carbons (Fsp3) is 0.207. The minimum Gasteiger partial charge on any atom is -0.499 e. The number of aliphatic hydroxyl groups is 3. The molecule has 0 amide bonds. The SMILES string of the molecule is O=C1O[C@H]([C@@H](O)CO)C(OCC=Cc2cccc(OCc3ccccc3)c2OCc2ccccc2)=C1O. The van der Waals surface area contributed by atoms with Crippen molar-refractivity contribution in [3.63, 3.8) is 0 Å². The molecule has 0 saturated carbocycles. The summed E-state index contributed by atoms with van der Waals surface area (Å²) >= 11 is 0. The Hall–Kier alpha value is -4.27. The second-order valence-corrected chi connectivity index (χ2v) is 8.23. The largest absolute Gasteiger partial charge is 0.499 e. The zero-order chi connectivity index (χ0) is 26.0. The molecule has 0 spiro atoms. The Bertz CT molecular complexity index is 1240. The fourth-order valence-corrected chi connectivity index (χ4v) is 3.67. The van der Waals surface area contributed by atoms with Crippen molar-refractivity contribution in [3.8, 4) is 11.5 Å². The van der Waals surface area contributed by atoms with Gasteiger partial charge < -0.3 is 34.3 Å². The van der Waals surface area contributed by atoms with Crippen molar-refractivity contribution in [1.29, 1.82) is 0 Å². The van der Waals surface area contributed by atoms with Gasteiger partial charge in [-0.15, -0.1) is 0 Å². The summed E-state index contributed by atoms with van der Waals surface area (Å²) in [6, 6.07) is 25.1. The molecule has 0 aromatic heterocycles. The van der Waals surface area contributed by atoms with Crippen LogP contribution in [0.25, 0.3) is 6.08 Å². The highest BCUT2D eigenvalue weighted by Crippen LogP contribution is 2.34. The molecule has 4 rings (SSSR count). The van der Waals surface area contributed by atoms with Crippen LogP contribution in [-0.4, -0.2) is 46.7 Å². The van der Waals surface area contributed by atoms with Gasteiger partial charge in [0.25, 0.3) is 0 Å². The van der Waals surface area contributed by atoms with E-state index in [1.165, 1.54) is 0 Å². The number of rotatable bonds is 12. The highest BCUT2D eigenvalue weighted by atomic mass is 16.6. The van der Waals surface area contributed by atoms with E-state index in [9.17, 15) is 20.1 Å². The van der Waals surface area contributed by atoms with Gasteiger partial charge in [0.2, 0.25) is 5.76 Å². The van der Waals surface area contributed by atoms with Gasteiger partial charge in [-0.2, -0.15) is 0 Å².